The Labute approximate surface area is 435 Å². The highest BCUT2D eigenvalue weighted by atomic mass is 33.2. The average Bonchev–Trinajstić information content (AvgIpc) is 3.47. The largest absolute Gasteiger partial charge is 0.509 e. The van der Waals surface area contributed by atoms with Crippen LogP contribution in [-0.2, 0) is 27.6 Å². The van der Waals surface area contributed by atoms with Gasteiger partial charge in [-0.15, -0.1) is 134 Å². The summed E-state index contributed by atoms with van der Waals surface area (Å²) in [6, 6.07) is 0. The molecule has 1 saturated heterocycles. The molecule has 0 aromatic rings. The van der Waals surface area contributed by atoms with E-state index in [1.165, 1.54) is 11.1 Å². The Hall–Kier alpha value is 13.5. The molecule has 25 unspecified atom stereocenters. The van der Waals surface area contributed by atoms with Crippen LogP contribution in [0.25, 0.3) is 0 Å². The summed E-state index contributed by atoms with van der Waals surface area (Å²) in [5.74, 6) is 0.524. The van der Waals surface area contributed by atoms with Crippen molar-refractivity contribution in [2.24, 2.45) is 16.7 Å². The first-order chi connectivity index (χ1) is 28.6. The number of hydrogen-bond donors (Lipinski definition) is 0. The van der Waals surface area contributed by atoms with Crippen LogP contribution in [0.5, 0.6) is 0 Å². The van der Waals surface area contributed by atoms with Gasteiger partial charge in [0.1, 0.15) is 13.3 Å². The molecular weight excluding hydrogens is 1440 g/mol. The van der Waals surface area contributed by atoms with E-state index in [4.69, 9.17) is 27.6 Å². The zero-order chi connectivity index (χ0) is 47.1. The van der Waals surface area contributed by atoms with Crippen molar-refractivity contribution in [2.75, 3.05) is 0 Å². The molecule has 1 spiro atoms. The number of carbonyl (C=O) groups excluding carboxylic acids is 1. The first kappa shape index (κ1) is 68.0. The molecule has 0 amide bonds. The predicted molar refractivity (Wildman–Crippen MR) is 386 cm³/mol. The van der Waals surface area contributed by atoms with E-state index in [1.807, 2.05) is 0 Å². The minimum Gasteiger partial charge on any atom is -0.469 e. The zero-order valence-corrected chi connectivity index (χ0v) is 70.5. The summed E-state index contributed by atoms with van der Waals surface area (Å²) < 4.78 is 44.2. The lowest BCUT2D eigenvalue weighted by Crippen LogP contribution is -2.66. The van der Waals surface area contributed by atoms with Gasteiger partial charge in [-0.25, -0.2) is 4.79 Å². The van der Waals surface area contributed by atoms with Crippen molar-refractivity contribution in [1.82, 2.24) is 0 Å². The van der Waals surface area contributed by atoms with Gasteiger partial charge in [-0.3, -0.25) is 0 Å². The Balaban J connectivity index is 2.15. The predicted octanol–water partition coefficient (Wildman–Crippen LogP) is 23.1. The smallest absolute Gasteiger partial charge is 0.469 e. The van der Waals surface area contributed by atoms with Gasteiger partial charge in [-0.2, -0.15) is 0 Å². The molecule has 32 atom stereocenters. The summed E-state index contributed by atoms with van der Waals surface area (Å²) in [4.78, 5) is 14.3. The second-order valence-corrected chi connectivity index (χ2v) is 136. The fraction of sp³-hybridized carbons (Fsp3) is 0.750. The van der Waals surface area contributed by atoms with Crippen molar-refractivity contribution in [3.63, 3.8) is 0 Å². The molecule has 0 N–H and O–H groups in total. The summed E-state index contributed by atoms with van der Waals surface area (Å²) in [5.41, 5.74) is 0.109. The third kappa shape index (κ3) is 16.6. The van der Waals surface area contributed by atoms with Crippen LogP contribution in [-0.4, -0.2) is 36.2 Å². The Morgan fingerprint density at radius 3 is 1.69 bits per heavy atom. The van der Waals surface area contributed by atoms with Crippen LogP contribution < -0.4 is 0 Å². The van der Waals surface area contributed by atoms with E-state index in [9.17, 15) is 4.79 Å². The van der Waals surface area contributed by atoms with Crippen LogP contribution in [0, 0.1) is 16.7 Å². The van der Waals surface area contributed by atoms with Gasteiger partial charge in [0, 0.05) is 45.2 Å². The summed E-state index contributed by atoms with van der Waals surface area (Å²) in [6.07, 6.45) is 2.09. The summed E-state index contributed by atoms with van der Waals surface area (Å²) in [5, 5.41) is 0. The molecule has 62 heavy (non-hydrogen) atoms. The third-order valence-electron chi connectivity index (χ3n) is 10.8. The van der Waals surface area contributed by atoms with E-state index in [-0.39, 0.29) is 31.2 Å². The highest BCUT2D eigenvalue weighted by Gasteiger charge is 2.73. The van der Waals surface area contributed by atoms with E-state index in [0.29, 0.717) is 27.2 Å². The minimum atomic E-state index is -1.08. The van der Waals surface area contributed by atoms with E-state index in [2.05, 4.69) is 203 Å². The van der Waals surface area contributed by atoms with Crippen molar-refractivity contribution in [3.8, 4) is 0 Å². The molecule has 0 aromatic heterocycles. The number of carbonyl (C=O) groups is 1. The molecule has 42 heteroatoms. The van der Waals surface area contributed by atoms with Crippen LogP contribution in [0.3, 0.4) is 0 Å². The van der Waals surface area contributed by atoms with Crippen molar-refractivity contribution in [2.45, 2.75) is 77.0 Å². The Kier molecular flexibility index (Phi) is 33.6. The lowest BCUT2D eigenvalue weighted by molar-refractivity contribution is -0.152. The second kappa shape index (κ2) is 30.7. The Bertz CT molecular complexity index is 1570. The molecule has 1 heterocycles. The van der Waals surface area contributed by atoms with Gasteiger partial charge in [0.05, 0.1) is 46.8 Å². The highest BCUT2D eigenvalue weighted by Crippen LogP contribution is 3.18. The average molecular weight is 1500 g/mol. The summed E-state index contributed by atoms with van der Waals surface area (Å²) in [6.45, 7) is 3.99. The van der Waals surface area contributed by atoms with E-state index < -0.39 is 129 Å². The van der Waals surface area contributed by atoms with Gasteiger partial charge in [-0.05, 0) is 85.9 Å². The molecule has 360 valence electrons. The molecule has 7 nitrogen and oxygen atoms in total. The fourth-order valence-corrected chi connectivity index (χ4v) is 205. The highest BCUT2D eigenvalue weighted by molar-refractivity contribution is 9.19. The normalized spacial score (nSPS) is 31.7. The van der Waals surface area contributed by atoms with E-state index in [1.54, 1.807) is 0 Å². The Morgan fingerprint density at radius 2 is 1.23 bits per heavy atom. The number of ether oxygens (including phenoxy) is 2. The monoisotopic (exact) mass is 1500 g/mol. The summed E-state index contributed by atoms with van der Waals surface area (Å²) >= 11 is 0. The molecule has 0 radical (unpaired) electrons. The topological polar surface area (TPSA) is 72.5 Å². The fourth-order valence-electron chi connectivity index (χ4n) is 8.19. The Morgan fingerprint density at radius 1 is 0.677 bits per heavy atom. The maximum absolute atomic E-state index is 14.3. The van der Waals surface area contributed by atoms with Gasteiger partial charge < -0.3 is 27.6 Å². The standard InChI is InChI=1S/C20H63O7P35/c1-9-11(25-51(60(46)56(38)39)62(58(42)43)59(44)45)8-20-16(22-17(21)23-20)15-10(24-48(29)52(30)31)5-6-13(27-49(53(32)33)54(34)35)19(15,4)7-12(14(9)18(20,2)3)26-50(55(36)37)61(47-28)57(40)41/h5,11-13,15-16,47H,6-8,28-46H2,1-4H3/t11-,12+,13-,15-,16-,19+,20+,48?,50?,51?,60?,61?/m0/s1. The number of fused-ring (bicyclic) bond motifs is 3. The SMILES string of the molecule is CC1=C2[C@H](OP(P(P)P)P(PP)P(P)P)C[C@]3(C)[C@@H](OP(P(P)P)P(P)P)CC=C(OP(P)P(P)P)[C@H]3[C@@H]3OC(=O)O[C@@]3(C[C@@H]1OP(P(P)P(P)P)P(P(P)P)P(P)P)C2(C)C. The molecule has 0 aromatic carbocycles. The minimum absolute atomic E-state index is 0.178. The third-order valence-corrected chi connectivity index (χ3v) is 165. The van der Waals surface area contributed by atoms with Crippen molar-refractivity contribution in [3.05, 3.63) is 23.0 Å². The zero-order valence-electron chi connectivity index (χ0n) is 34.1. The van der Waals surface area contributed by atoms with Crippen molar-refractivity contribution < 1.29 is 32.4 Å². The van der Waals surface area contributed by atoms with Gasteiger partial charge in [0.2, 0.25) is 0 Å². The van der Waals surface area contributed by atoms with Crippen molar-refractivity contribution >= 4 is 291 Å². The van der Waals surface area contributed by atoms with Crippen LogP contribution in [0.2, 0.25) is 0 Å². The molecular formula is C20H63O7P35. The first-order valence-electron chi connectivity index (χ1n) is 17.5. The van der Waals surface area contributed by atoms with Crippen LogP contribution in [0.15, 0.2) is 23.0 Å². The lowest BCUT2D eigenvalue weighted by Gasteiger charge is -2.60. The lowest BCUT2D eigenvalue weighted by atomic mass is 9.49. The molecule has 3 aliphatic carbocycles. The van der Waals surface area contributed by atoms with Gasteiger partial charge >= 0.3 is 6.16 Å². The van der Waals surface area contributed by atoms with Gasteiger partial charge in [-0.1, -0.05) is 64.4 Å². The van der Waals surface area contributed by atoms with E-state index in [0.717, 1.165) is 5.76 Å². The van der Waals surface area contributed by atoms with E-state index >= 15 is 0 Å². The first-order valence-corrected chi connectivity index (χ1v) is 77.8. The van der Waals surface area contributed by atoms with Crippen LogP contribution >= 0.6 is 285 Å². The number of rotatable bonds is 20. The molecule has 4 rings (SSSR count). The van der Waals surface area contributed by atoms with Crippen molar-refractivity contribution in [1.29, 1.82) is 0 Å². The number of hydrogen-bond acceptors (Lipinski definition) is 7. The molecule has 4 aliphatic rings. The van der Waals surface area contributed by atoms with Crippen LogP contribution in [0.4, 0.5) is 4.79 Å². The molecule has 1 saturated carbocycles. The molecule has 2 bridgehead atoms. The quantitative estimate of drug-likeness (QED) is 0.0683. The van der Waals surface area contributed by atoms with Gasteiger partial charge in [0.25, 0.3) is 0 Å². The second-order valence-electron chi connectivity index (χ2n) is 14.7. The van der Waals surface area contributed by atoms with Gasteiger partial charge in [0.15, 0.2) is 11.7 Å². The van der Waals surface area contributed by atoms with Crippen LogP contribution in [0.1, 0.15) is 47.0 Å². The molecule has 2 fully saturated rings. The molecule has 1 aliphatic heterocycles. The maximum atomic E-state index is 14.3. The maximum Gasteiger partial charge on any atom is 0.509 e. The summed E-state index contributed by atoms with van der Waals surface area (Å²) in [7, 11) is 56.3.